The second-order valence-electron chi connectivity index (χ2n) is 4.96. The summed E-state index contributed by atoms with van der Waals surface area (Å²) in [5.41, 5.74) is 0.662. The molecule has 0 atom stereocenters. The molecular formula is C14H19BrO2. The number of hydrogen-bond donors (Lipinski definition) is 1. The van der Waals surface area contributed by atoms with E-state index >= 15 is 0 Å². The second kappa shape index (κ2) is 5.51. The maximum Gasteiger partial charge on any atom is 0.0689 e. The maximum atomic E-state index is 10.5. The van der Waals surface area contributed by atoms with Crippen LogP contribution in [-0.4, -0.2) is 23.9 Å². The van der Waals surface area contributed by atoms with Gasteiger partial charge in [0.15, 0.2) is 0 Å². The lowest BCUT2D eigenvalue weighted by Gasteiger charge is -2.35. The topological polar surface area (TPSA) is 29.5 Å². The predicted octanol–water partition coefficient (Wildman–Crippen LogP) is 3.31. The molecule has 0 unspecified atom stereocenters. The van der Waals surface area contributed by atoms with E-state index in [-0.39, 0.29) is 0 Å². The molecule has 0 aromatic heterocycles. The second-order valence-corrected chi connectivity index (χ2v) is 5.88. The molecule has 1 aromatic rings. The molecule has 1 saturated carbocycles. The van der Waals surface area contributed by atoms with Crippen molar-refractivity contribution in [2.45, 2.75) is 43.8 Å². The summed E-state index contributed by atoms with van der Waals surface area (Å²) in [4.78, 5) is 0. The number of benzene rings is 1. The smallest absolute Gasteiger partial charge is 0.0689 e. The van der Waals surface area contributed by atoms with Crippen molar-refractivity contribution in [2.24, 2.45) is 0 Å². The number of hydrogen-bond acceptors (Lipinski definition) is 2. The van der Waals surface area contributed by atoms with Crippen LogP contribution in [0.15, 0.2) is 28.7 Å². The Hall–Kier alpha value is -0.380. The molecule has 2 nitrogen and oxygen atoms in total. The Morgan fingerprint density at radius 1 is 1.29 bits per heavy atom. The Bertz CT molecular complexity index is 353. The van der Waals surface area contributed by atoms with Crippen LogP contribution in [0, 0.1) is 0 Å². The highest BCUT2D eigenvalue weighted by atomic mass is 79.9. The van der Waals surface area contributed by atoms with Gasteiger partial charge < -0.3 is 9.84 Å². The molecule has 0 spiro atoms. The Balaban J connectivity index is 1.96. The van der Waals surface area contributed by atoms with Crippen LogP contribution in [-0.2, 0) is 11.2 Å². The van der Waals surface area contributed by atoms with E-state index in [4.69, 9.17) is 4.74 Å². The molecule has 0 heterocycles. The lowest BCUT2D eigenvalue weighted by atomic mass is 9.79. The molecule has 1 fully saturated rings. The van der Waals surface area contributed by atoms with Crippen molar-refractivity contribution in [1.29, 1.82) is 0 Å². The van der Waals surface area contributed by atoms with Gasteiger partial charge in [0.2, 0.25) is 0 Å². The van der Waals surface area contributed by atoms with Gasteiger partial charge >= 0.3 is 0 Å². The number of ether oxygens (including phenoxy) is 1. The van der Waals surface area contributed by atoms with Gasteiger partial charge in [-0.2, -0.15) is 0 Å². The maximum absolute atomic E-state index is 10.5. The fourth-order valence-electron chi connectivity index (χ4n) is 2.52. The van der Waals surface area contributed by atoms with E-state index in [9.17, 15) is 5.11 Å². The van der Waals surface area contributed by atoms with Gasteiger partial charge in [0.05, 0.1) is 11.7 Å². The summed E-state index contributed by atoms with van der Waals surface area (Å²) in [6.45, 7) is 0. The normalized spacial score (nSPS) is 29.2. The van der Waals surface area contributed by atoms with Crippen LogP contribution in [0.2, 0.25) is 0 Å². The summed E-state index contributed by atoms with van der Waals surface area (Å²) in [6.07, 6.45) is 4.67. The molecule has 3 heteroatoms. The molecule has 0 saturated heterocycles. The summed E-state index contributed by atoms with van der Waals surface area (Å²) in [6, 6.07) is 8.20. The first-order valence-corrected chi connectivity index (χ1v) is 6.90. The summed E-state index contributed by atoms with van der Waals surface area (Å²) >= 11 is 3.42. The van der Waals surface area contributed by atoms with Gasteiger partial charge in [-0.25, -0.2) is 0 Å². The van der Waals surface area contributed by atoms with E-state index < -0.39 is 5.60 Å². The van der Waals surface area contributed by atoms with Gasteiger partial charge in [-0.15, -0.1) is 0 Å². The first kappa shape index (κ1) is 13.1. The highest BCUT2D eigenvalue weighted by Gasteiger charge is 2.33. The van der Waals surface area contributed by atoms with Gasteiger partial charge in [0.1, 0.15) is 0 Å². The third-order valence-corrected chi connectivity index (χ3v) is 4.17. The van der Waals surface area contributed by atoms with Crippen LogP contribution < -0.4 is 0 Å². The first-order chi connectivity index (χ1) is 8.11. The summed E-state index contributed by atoms with van der Waals surface area (Å²) in [7, 11) is 1.75. The monoisotopic (exact) mass is 298 g/mol. The molecule has 17 heavy (non-hydrogen) atoms. The van der Waals surface area contributed by atoms with Crippen molar-refractivity contribution in [1.82, 2.24) is 0 Å². The summed E-state index contributed by atoms with van der Waals surface area (Å²) in [5, 5.41) is 10.5. The molecule has 0 aliphatic heterocycles. The van der Waals surface area contributed by atoms with Gasteiger partial charge in [-0.05, 0) is 43.4 Å². The van der Waals surface area contributed by atoms with Crippen molar-refractivity contribution in [3.05, 3.63) is 34.3 Å². The van der Waals surface area contributed by atoms with Gasteiger partial charge in [0.25, 0.3) is 0 Å². The Morgan fingerprint density at radius 2 is 1.88 bits per heavy atom. The Labute approximate surface area is 111 Å². The lowest BCUT2D eigenvalue weighted by Crippen LogP contribution is -2.38. The van der Waals surface area contributed by atoms with Crippen LogP contribution in [0.4, 0.5) is 0 Å². The first-order valence-electron chi connectivity index (χ1n) is 6.11. The van der Waals surface area contributed by atoms with E-state index in [2.05, 4.69) is 28.1 Å². The molecular weight excluding hydrogens is 280 g/mol. The average Bonchev–Trinajstić information content (AvgIpc) is 2.33. The van der Waals surface area contributed by atoms with Crippen molar-refractivity contribution >= 4 is 15.9 Å². The molecule has 94 valence electrons. The third-order valence-electron chi connectivity index (χ3n) is 3.64. The van der Waals surface area contributed by atoms with Gasteiger partial charge in [-0.3, -0.25) is 0 Å². The van der Waals surface area contributed by atoms with E-state index in [1.807, 2.05) is 12.1 Å². The molecule has 1 aromatic carbocycles. The molecule has 1 aliphatic rings. The minimum absolute atomic E-state index is 0.334. The quantitative estimate of drug-likeness (QED) is 0.928. The van der Waals surface area contributed by atoms with Crippen molar-refractivity contribution in [3.8, 4) is 0 Å². The third kappa shape index (κ3) is 3.54. The standard InChI is InChI=1S/C14H19BrO2/c1-17-13-6-8-14(16,9-7-13)10-11-2-4-12(15)5-3-11/h2-5,13,16H,6-10H2,1H3. The largest absolute Gasteiger partial charge is 0.390 e. The zero-order valence-corrected chi connectivity index (χ0v) is 11.7. The fraction of sp³-hybridized carbons (Fsp3) is 0.571. The summed E-state index contributed by atoms with van der Waals surface area (Å²) < 4.78 is 6.41. The van der Waals surface area contributed by atoms with Gasteiger partial charge in [0, 0.05) is 18.0 Å². The zero-order valence-electron chi connectivity index (χ0n) is 10.2. The van der Waals surface area contributed by atoms with E-state index in [1.54, 1.807) is 7.11 Å². The SMILES string of the molecule is COC1CCC(O)(Cc2ccc(Br)cc2)CC1. The summed E-state index contributed by atoms with van der Waals surface area (Å²) in [5.74, 6) is 0. The molecule has 2 rings (SSSR count). The zero-order chi connectivity index (χ0) is 12.3. The van der Waals surface area contributed by atoms with Crippen molar-refractivity contribution in [2.75, 3.05) is 7.11 Å². The highest BCUT2D eigenvalue weighted by Crippen LogP contribution is 2.32. The lowest BCUT2D eigenvalue weighted by molar-refractivity contribution is -0.0427. The molecule has 0 radical (unpaired) electrons. The van der Waals surface area contributed by atoms with Crippen molar-refractivity contribution < 1.29 is 9.84 Å². The van der Waals surface area contributed by atoms with Crippen molar-refractivity contribution in [3.63, 3.8) is 0 Å². The van der Waals surface area contributed by atoms with Crippen LogP contribution in [0.5, 0.6) is 0 Å². The molecule has 0 bridgehead atoms. The molecule has 1 aliphatic carbocycles. The minimum Gasteiger partial charge on any atom is -0.390 e. The number of methoxy groups -OCH3 is 1. The van der Waals surface area contributed by atoms with Crippen LogP contribution >= 0.6 is 15.9 Å². The molecule has 1 N–H and O–H groups in total. The van der Waals surface area contributed by atoms with Crippen LogP contribution in [0.1, 0.15) is 31.2 Å². The fourth-order valence-corrected chi connectivity index (χ4v) is 2.79. The minimum atomic E-state index is -0.539. The Kier molecular flexibility index (Phi) is 4.23. The van der Waals surface area contributed by atoms with E-state index in [1.165, 1.54) is 5.56 Å². The highest BCUT2D eigenvalue weighted by molar-refractivity contribution is 9.10. The number of aliphatic hydroxyl groups is 1. The van der Waals surface area contributed by atoms with E-state index in [0.717, 1.165) is 36.6 Å². The average molecular weight is 299 g/mol. The Morgan fingerprint density at radius 3 is 2.41 bits per heavy atom. The van der Waals surface area contributed by atoms with Crippen LogP contribution in [0.3, 0.4) is 0 Å². The van der Waals surface area contributed by atoms with Gasteiger partial charge in [-0.1, -0.05) is 28.1 Å². The number of rotatable bonds is 3. The number of halogens is 1. The van der Waals surface area contributed by atoms with Crippen LogP contribution in [0.25, 0.3) is 0 Å². The molecule has 0 amide bonds. The van der Waals surface area contributed by atoms with E-state index in [0.29, 0.717) is 6.10 Å². The predicted molar refractivity (Wildman–Crippen MR) is 72.1 cm³/mol.